The standard InChI is InChI=1S/C21H20N4O3/c1-13-3-7-15(8-4-13)23-19(26)11-18-21(27)24-20-17(12-22-25(18)20)14-5-9-16(28-2)10-6-14/h3-10,12,18H,11H2,1-2H3,(H,23,26)(H,24,27). The van der Waals surface area contributed by atoms with Gasteiger partial charge in [-0.2, -0.15) is 5.10 Å². The van der Waals surface area contributed by atoms with Crippen LogP contribution in [0.1, 0.15) is 18.0 Å². The fraction of sp³-hybridized carbons (Fsp3) is 0.190. The van der Waals surface area contributed by atoms with Crippen molar-refractivity contribution in [1.82, 2.24) is 9.78 Å². The smallest absolute Gasteiger partial charge is 0.251 e. The fourth-order valence-electron chi connectivity index (χ4n) is 3.22. The van der Waals surface area contributed by atoms with Crippen LogP contribution in [-0.2, 0) is 9.59 Å². The van der Waals surface area contributed by atoms with Gasteiger partial charge in [0.2, 0.25) is 5.91 Å². The molecule has 0 aliphatic carbocycles. The SMILES string of the molecule is COc1ccc(-c2cnn3c2NC(=O)C3CC(=O)Nc2ccc(C)cc2)cc1. The van der Waals surface area contributed by atoms with E-state index in [-0.39, 0.29) is 18.2 Å². The lowest BCUT2D eigenvalue weighted by molar-refractivity contribution is -0.123. The summed E-state index contributed by atoms with van der Waals surface area (Å²) >= 11 is 0. The molecule has 1 unspecified atom stereocenters. The molecule has 1 atom stereocenters. The first-order valence-corrected chi connectivity index (χ1v) is 8.94. The van der Waals surface area contributed by atoms with Crippen LogP contribution in [0.2, 0.25) is 0 Å². The Morgan fingerprint density at radius 2 is 1.89 bits per heavy atom. The zero-order valence-electron chi connectivity index (χ0n) is 15.6. The molecule has 2 aromatic carbocycles. The number of nitrogens with one attached hydrogen (secondary N) is 2. The number of aryl methyl sites for hydroxylation is 1. The molecule has 2 amide bonds. The Balaban J connectivity index is 1.52. The number of benzene rings is 2. The van der Waals surface area contributed by atoms with Crippen molar-refractivity contribution in [3.63, 3.8) is 0 Å². The van der Waals surface area contributed by atoms with E-state index >= 15 is 0 Å². The third kappa shape index (κ3) is 3.34. The molecule has 7 heteroatoms. The first kappa shape index (κ1) is 17.8. The number of ether oxygens (including phenoxy) is 1. The lowest BCUT2D eigenvalue weighted by Crippen LogP contribution is -2.23. The second kappa shape index (κ2) is 7.19. The normalized spacial score (nSPS) is 15.1. The highest BCUT2D eigenvalue weighted by Gasteiger charge is 2.35. The molecule has 1 aliphatic heterocycles. The first-order chi connectivity index (χ1) is 13.5. The number of hydrogen-bond donors (Lipinski definition) is 2. The van der Waals surface area contributed by atoms with Crippen LogP contribution in [-0.4, -0.2) is 28.7 Å². The molecule has 0 fully saturated rings. The third-order valence-corrected chi connectivity index (χ3v) is 4.75. The Morgan fingerprint density at radius 3 is 2.57 bits per heavy atom. The Bertz CT molecular complexity index is 1020. The van der Waals surface area contributed by atoms with E-state index in [1.807, 2.05) is 55.5 Å². The first-order valence-electron chi connectivity index (χ1n) is 8.94. The van der Waals surface area contributed by atoms with Gasteiger partial charge in [0.25, 0.3) is 5.91 Å². The number of methoxy groups -OCH3 is 1. The molecule has 3 aromatic rings. The van der Waals surface area contributed by atoms with Gasteiger partial charge in [0.1, 0.15) is 17.6 Å². The molecule has 142 valence electrons. The number of amides is 2. The highest BCUT2D eigenvalue weighted by molar-refractivity contribution is 6.04. The monoisotopic (exact) mass is 376 g/mol. The predicted octanol–water partition coefficient (Wildman–Crippen LogP) is 3.39. The molecule has 1 aromatic heterocycles. The van der Waals surface area contributed by atoms with Gasteiger partial charge in [-0.05, 0) is 36.8 Å². The van der Waals surface area contributed by atoms with Crippen molar-refractivity contribution in [1.29, 1.82) is 0 Å². The van der Waals surface area contributed by atoms with E-state index < -0.39 is 6.04 Å². The Kier molecular flexibility index (Phi) is 4.57. The zero-order valence-corrected chi connectivity index (χ0v) is 15.6. The number of anilines is 2. The fourth-order valence-corrected chi connectivity index (χ4v) is 3.22. The molecule has 28 heavy (non-hydrogen) atoms. The summed E-state index contributed by atoms with van der Waals surface area (Å²) in [6.07, 6.45) is 1.71. The minimum atomic E-state index is -0.674. The molecule has 1 aliphatic rings. The molecule has 4 rings (SSSR count). The topological polar surface area (TPSA) is 85.2 Å². The molecule has 0 saturated carbocycles. The Labute approximate surface area is 162 Å². The van der Waals surface area contributed by atoms with Gasteiger partial charge in [0, 0.05) is 11.3 Å². The molecule has 7 nitrogen and oxygen atoms in total. The second-order valence-corrected chi connectivity index (χ2v) is 6.70. The summed E-state index contributed by atoms with van der Waals surface area (Å²) < 4.78 is 6.76. The van der Waals surface area contributed by atoms with Crippen LogP contribution in [0.4, 0.5) is 11.5 Å². The van der Waals surface area contributed by atoms with Crippen LogP contribution in [0.15, 0.2) is 54.7 Å². The van der Waals surface area contributed by atoms with E-state index in [4.69, 9.17) is 4.74 Å². The zero-order chi connectivity index (χ0) is 19.7. The van der Waals surface area contributed by atoms with Crippen molar-refractivity contribution in [2.45, 2.75) is 19.4 Å². The molecular weight excluding hydrogens is 356 g/mol. The maximum absolute atomic E-state index is 12.4. The largest absolute Gasteiger partial charge is 0.497 e. The van der Waals surface area contributed by atoms with E-state index in [1.54, 1.807) is 18.0 Å². The van der Waals surface area contributed by atoms with Crippen molar-refractivity contribution in [3.05, 3.63) is 60.3 Å². The van der Waals surface area contributed by atoms with Gasteiger partial charge in [-0.1, -0.05) is 29.8 Å². The summed E-state index contributed by atoms with van der Waals surface area (Å²) in [5.74, 6) is 0.876. The molecule has 2 heterocycles. The minimum Gasteiger partial charge on any atom is -0.497 e. The van der Waals surface area contributed by atoms with Crippen LogP contribution in [0.5, 0.6) is 5.75 Å². The summed E-state index contributed by atoms with van der Waals surface area (Å²) in [7, 11) is 1.61. The van der Waals surface area contributed by atoms with Gasteiger partial charge in [-0.25, -0.2) is 4.68 Å². The summed E-state index contributed by atoms with van der Waals surface area (Å²) in [5.41, 5.74) is 3.53. The third-order valence-electron chi connectivity index (χ3n) is 4.75. The van der Waals surface area contributed by atoms with Gasteiger partial charge >= 0.3 is 0 Å². The van der Waals surface area contributed by atoms with Crippen LogP contribution in [0.25, 0.3) is 11.1 Å². The van der Waals surface area contributed by atoms with E-state index in [1.165, 1.54) is 0 Å². The molecular formula is C21H20N4O3. The van der Waals surface area contributed by atoms with E-state index in [0.717, 1.165) is 22.4 Å². The van der Waals surface area contributed by atoms with Crippen molar-refractivity contribution < 1.29 is 14.3 Å². The second-order valence-electron chi connectivity index (χ2n) is 6.70. The minimum absolute atomic E-state index is 0.0104. The summed E-state index contributed by atoms with van der Waals surface area (Å²) in [5, 5.41) is 10.0. The van der Waals surface area contributed by atoms with Crippen molar-refractivity contribution in [2.75, 3.05) is 17.7 Å². The average Bonchev–Trinajstić information content (AvgIpc) is 3.23. The molecule has 2 N–H and O–H groups in total. The van der Waals surface area contributed by atoms with E-state index in [9.17, 15) is 9.59 Å². The number of hydrogen-bond acceptors (Lipinski definition) is 4. The number of carbonyl (C=O) groups excluding carboxylic acids is 2. The lowest BCUT2D eigenvalue weighted by atomic mass is 10.1. The highest BCUT2D eigenvalue weighted by atomic mass is 16.5. The van der Waals surface area contributed by atoms with Crippen LogP contribution < -0.4 is 15.4 Å². The number of carbonyl (C=O) groups is 2. The quantitative estimate of drug-likeness (QED) is 0.715. The maximum atomic E-state index is 12.4. The number of nitrogens with zero attached hydrogens (tertiary/aromatic N) is 2. The van der Waals surface area contributed by atoms with E-state index in [2.05, 4.69) is 15.7 Å². The van der Waals surface area contributed by atoms with Gasteiger partial charge in [-0.15, -0.1) is 0 Å². The van der Waals surface area contributed by atoms with Crippen molar-refractivity contribution in [2.24, 2.45) is 0 Å². The lowest BCUT2D eigenvalue weighted by Gasteiger charge is -2.10. The summed E-state index contributed by atoms with van der Waals surface area (Å²) in [6, 6.07) is 14.3. The summed E-state index contributed by atoms with van der Waals surface area (Å²) in [6.45, 7) is 1.98. The summed E-state index contributed by atoms with van der Waals surface area (Å²) in [4.78, 5) is 24.8. The number of rotatable bonds is 5. The predicted molar refractivity (Wildman–Crippen MR) is 106 cm³/mol. The van der Waals surface area contributed by atoms with Gasteiger partial charge < -0.3 is 15.4 Å². The van der Waals surface area contributed by atoms with Crippen LogP contribution in [0.3, 0.4) is 0 Å². The average molecular weight is 376 g/mol. The van der Waals surface area contributed by atoms with E-state index in [0.29, 0.717) is 11.5 Å². The van der Waals surface area contributed by atoms with Crippen molar-refractivity contribution >= 4 is 23.3 Å². The number of fused-ring (bicyclic) bond motifs is 1. The molecule has 0 spiro atoms. The van der Waals surface area contributed by atoms with Crippen LogP contribution >= 0.6 is 0 Å². The Hall–Kier alpha value is -3.61. The Morgan fingerprint density at radius 1 is 1.18 bits per heavy atom. The van der Waals surface area contributed by atoms with Gasteiger partial charge in [0.05, 0.1) is 19.7 Å². The molecule has 0 radical (unpaired) electrons. The molecule has 0 saturated heterocycles. The number of aromatic nitrogens is 2. The van der Waals surface area contributed by atoms with Gasteiger partial charge in [0.15, 0.2) is 0 Å². The van der Waals surface area contributed by atoms with Crippen LogP contribution in [0, 0.1) is 6.92 Å². The van der Waals surface area contributed by atoms with Crippen molar-refractivity contribution in [3.8, 4) is 16.9 Å². The van der Waals surface area contributed by atoms with Gasteiger partial charge in [-0.3, -0.25) is 9.59 Å². The molecule has 0 bridgehead atoms. The maximum Gasteiger partial charge on any atom is 0.251 e. The highest BCUT2D eigenvalue weighted by Crippen LogP contribution is 2.36.